The zero-order valence-corrected chi connectivity index (χ0v) is 12.0. The monoisotopic (exact) mass is 327 g/mol. The molecule has 0 aliphatic heterocycles. The molecule has 0 fully saturated rings. The molecule has 2 N–H and O–H groups in total. The Kier molecular flexibility index (Phi) is 4.70. The third-order valence-corrected chi connectivity index (χ3v) is 3.31. The topological polar surface area (TPSA) is 49.3 Å². The summed E-state index contributed by atoms with van der Waals surface area (Å²) in [6.45, 7) is 1.03. The fraction of sp³-hybridized carbons (Fsp3) is 0.188. The van der Waals surface area contributed by atoms with Gasteiger partial charge in [-0.25, -0.2) is 17.6 Å². The summed E-state index contributed by atoms with van der Waals surface area (Å²) in [5, 5.41) is 12.5. The van der Waals surface area contributed by atoms with Crippen molar-refractivity contribution < 1.29 is 27.5 Å². The van der Waals surface area contributed by atoms with Crippen LogP contribution in [-0.4, -0.2) is 17.6 Å². The van der Waals surface area contributed by atoms with E-state index in [1.54, 1.807) is 0 Å². The van der Waals surface area contributed by atoms with Crippen molar-refractivity contribution in [3.05, 3.63) is 70.8 Å². The van der Waals surface area contributed by atoms with Crippen molar-refractivity contribution in [1.82, 2.24) is 5.32 Å². The molecule has 2 rings (SSSR count). The Morgan fingerprint density at radius 2 is 1.61 bits per heavy atom. The highest BCUT2D eigenvalue weighted by atomic mass is 19.2. The molecule has 0 heterocycles. The third kappa shape index (κ3) is 3.87. The number of carbonyl (C=O) groups excluding carboxylic acids is 1. The van der Waals surface area contributed by atoms with E-state index in [2.05, 4.69) is 5.32 Å². The van der Waals surface area contributed by atoms with Gasteiger partial charge in [0.05, 0.1) is 12.1 Å². The smallest absolute Gasteiger partial charge is 0.254 e. The second-order valence-electron chi connectivity index (χ2n) is 5.21. The van der Waals surface area contributed by atoms with Gasteiger partial charge >= 0.3 is 0 Å². The third-order valence-electron chi connectivity index (χ3n) is 3.31. The Balaban J connectivity index is 2.12. The van der Waals surface area contributed by atoms with Crippen molar-refractivity contribution in [3.63, 3.8) is 0 Å². The molecule has 23 heavy (non-hydrogen) atoms. The minimum atomic E-state index is -1.56. The molecule has 1 amide bonds. The molecule has 2 aromatic carbocycles. The van der Waals surface area contributed by atoms with Crippen molar-refractivity contribution in [1.29, 1.82) is 0 Å². The summed E-state index contributed by atoms with van der Waals surface area (Å²) in [4.78, 5) is 11.8. The van der Waals surface area contributed by atoms with Gasteiger partial charge in [0, 0.05) is 6.07 Å². The number of benzene rings is 2. The number of amides is 1. The number of halogens is 4. The number of aliphatic hydroxyl groups is 1. The average molecular weight is 327 g/mol. The predicted molar refractivity (Wildman–Crippen MR) is 74.6 cm³/mol. The molecule has 2 aromatic rings. The van der Waals surface area contributed by atoms with E-state index in [-0.39, 0.29) is 12.6 Å². The highest BCUT2D eigenvalue weighted by Gasteiger charge is 2.25. The van der Waals surface area contributed by atoms with Crippen LogP contribution in [0.3, 0.4) is 0 Å². The van der Waals surface area contributed by atoms with E-state index in [1.807, 2.05) is 0 Å². The lowest BCUT2D eigenvalue weighted by Crippen LogP contribution is -2.39. The van der Waals surface area contributed by atoms with Gasteiger partial charge in [0.15, 0.2) is 11.6 Å². The Hall–Kier alpha value is -2.41. The van der Waals surface area contributed by atoms with Crippen molar-refractivity contribution in [2.75, 3.05) is 6.54 Å². The zero-order chi connectivity index (χ0) is 17.2. The fourth-order valence-electron chi connectivity index (χ4n) is 1.96. The van der Waals surface area contributed by atoms with Crippen LogP contribution in [0.15, 0.2) is 36.4 Å². The first-order valence-electron chi connectivity index (χ1n) is 6.62. The molecule has 0 radical (unpaired) electrons. The van der Waals surface area contributed by atoms with Gasteiger partial charge in [0.25, 0.3) is 5.91 Å². The number of nitrogens with one attached hydrogen (secondary N) is 1. The second-order valence-corrected chi connectivity index (χ2v) is 5.21. The van der Waals surface area contributed by atoms with E-state index >= 15 is 0 Å². The lowest BCUT2D eigenvalue weighted by atomic mass is 9.96. The van der Waals surface area contributed by atoms with Crippen LogP contribution < -0.4 is 5.32 Å². The molecule has 0 saturated carbocycles. The van der Waals surface area contributed by atoms with E-state index < -0.39 is 40.3 Å². The van der Waals surface area contributed by atoms with Gasteiger partial charge in [-0.2, -0.15) is 0 Å². The summed E-state index contributed by atoms with van der Waals surface area (Å²) in [6, 6.07) is 5.65. The molecule has 0 aliphatic carbocycles. The first kappa shape index (κ1) is 17.0. The largest absolute Gasteiger partial charge is 0.384 e. The van der Waals surface area contributed by atoms with Gasteiger partial charge < -0.3 is 10.4 Å². The summed E-state index contributed by atoms with van der Waals surface area (Å²) in [5.74, 6) is -5.48. The predicted octanol–water partition coefficient (Wildman–Crippen LogP) is 2.88. The molecular weight excluding hydrogens is 314 g/mol. The van der Waals surface area contributed by atoms with Crippen LogP contribution in [0.4, 0.5) is 17.6 Å². The molecule has 7 heteroatoms. The van der Waals surface area contributed by atoms with Crippen LogP contribution in [0.5, 0.6) is 0 Å². The van der Waals surface area contributed by atoms with Crippen molar-refractivity contribution >= 4 is 5.91 Å². The van der Waals surface area contributed by atoms with Gasteiger partial charge in [-0.05, 0) is 30.7 Å². The molecule has 1 unspecified atom stereocenters. The van der Waals surface area contributed by atoms with Crippen LogP contribution in [0.25, 0.3) is 0 Å². The van der Waals surface area contributed by atoms with Gasteiger partial charge in [0.2, 0.25) is 0 Å². The van der Waals surface area contributed by atoms with E-state index in [0.717, 1.165) is 12.1 Å². The lowest BCUT2D eigenvalue weighted by molar-refractivity contribution is 0.0524. The van der Waals surface area contributed by atoms with Crippen LogP contribution in [-0.2, 0) is 5.60 Å². The zero-order valence-electron chi connectivity index (χ0n) is 12.0. The molecule has 0 aromatic heterocycles. The van der Waals surface area contributed by atoms with E-state index in [1.165, 1.54) is 19.1 Å². The Bertz CT molecular complexity index is 730. The van der Waals surface area contributed by atoms with Gasteiger partial charge in [-0.15, -0.1) is 0 Å². The SMILES string of the molecule is CC(O)(CNC(=O)c1cc(F)c(F)cc1F)c1ccc(F)cc1. The summed E-state index contributed by atoms with van der Waals surface area (Å²) < 4.78 is 52.3. The van der Waals surface area contributed by atoms with Crippen LogP contribution >= 0.6 is 0 Å². The molecule has 0 spiro atoms. The van der Waals surface area contributed by atoms with E-state index in [4.69, 9.17) is 0 Å². The van der Waals surface area contributed by atoms with Crippen LogP contribution in [0.1, 0.15) is 22.8 Å². The number of hydrogen-bond acceptors (Lipinski definition) is 2. The summed E-state index contributed by atoms with van der Waals surface area (Å²) in [6.07, 6.45) is 0. The highest BCUT2D eigenvalue weighted by molar-refractivity contribution is 5.94. The maximum Gasteiger partial charge on any atom is 0.254 e. The van der Waals surface area contributed by atoms with Gasteiger partial charge in [-0.1, -0.05) is 12.1 Å². The maximum absolute atomic E-state index is 13.5. The number of hydrogen-bond donors (Lipinski definition) is 2. The first-order valence-corrected chi connectivity index (χ1v) is 6.62. The Morgan fingerprint density at radius 1 is 1.04 bits per heavy atom. The van der Waals surface area contributed by atoms with Crippen LogP contribution in [0, 0.1) is 23.3 Å². The number of carbonyl (C=O) groups is 1. The normalized spacial score (nSPS) is 13.5. The maximum atomic E-state index is 13.5. The van der Waals surface area contributed by atoms with Crippen molar-refractivity contribution in [3.8, 4) is 0 Å². The molecule has 1 atom stereocenters. The molecule has 0 saturated heterocycles. The minimum absolute atomic E-state index is 0.266. The van der Waals surface area contributed by atoms with E-state index in [9.17, 15) is 27.5 Å². The average Bonchev–Trinajstić information content (AvgIpc) is 2.49. The molecule has 0 bridgehead atoms. The Labute approximate surface area is 129 Å². The van der Waals surface area contributed by atoms with E-state index in [0.29, 0.717) is 11.6 Å². The second kappa shape index (κ2) is 6.37. The minimum Gasteiger partial charge on any atom is -0.384 e. The molecule has 0 aliphatic rings. The molecule has 3 nitrogen and oxygen atoms in total. The van der Waals surface area contributed by atoms with Gasteiger partial charge in [-0.3, -0.25) is 4.79 Å². The van der Waals surface area contributed by atoms with Gasteiger partial charge in [0.1, 0.15) is 17.2 Å². The summed E-state index contributed by atoms with van der Waals surface area (Å²) >= 11 is 0. The van der Waals surface area contributed by atoms with Crippen LogP contribution in [0.2, 0.25) is 0 Å². The first-order chi connectivity index (χ1) is 10.7. The number of rotatable bonds is 4. The summed E-state index contributed by atoms with van der Waals surface area (Å²) in [5.41, 5.74) is -1.91. The van der Waals surface area contributed by atoms with Crippen molar-refractivity contribution in [2.24, 2.45) is 0 Å². The summed E-state index contributed by atoms with van der Waals surface area (Å²) in [7, 11) is 0. The standard InChI is InChI=1S/C16H13F4NO2/c1-16(23,9-2-4-10(17)5-3-9)8-21-15(22)11-6-13(19)14(20)7-12(11)18/h2-7,23H,8H2,1H3,(H,21,22). The Morgan fingerprint density at radius 3 is 2.22 bits per heavy atom. The quantitative estimate of drug-likeness (QED) is 0.670. The van der Waals surface area contributed by atoms with Crippen molar-refractivity contribution in [2.45, 2.75) is 12.5 Å². The lowest BCUT2D eigenvalue weighted by Gasteiger charge is -2.24. The fourth-order valence-corrected chi connectivity index (χ4v) is 1.96. The molecular formula is C16H13F4NO2. The highest BCUT2D eigenvalue weighted by Crippen LogP contribution is 2.20. The molecule has 122 valence electrons.